The zero-order chi connectivity index (χ0) is 16.4. The van der Waals surface area contributed by atoms with E-state index in [1.54, 1.807) is 0 Å². The number of carbonyl (C=O) groups is 2. The van der Waals surface area contributed by atoms with Crippen molar-refractivity contribution in [1.82, 2.24) is 5.32 Å². The van der Waals surface area contributed by atoms with Crippen molar-refractivity contribution in [1.29, 1.82) is 0 Å². The van der Waals surface area contributed by atoms with Crippen molar-refractivity contribution in [2.75, 3.05) is 6.61 Å². The fourth-order valence-corrected chi connectivity index (χ4v) is 2.76. The number of nitrogens with one attached hydrogen (secondary N) is 1. The maximum Gasteiger partial charge on any atom is 0.335 e. The molecule has 2 aromatic rings. The molecule has 1 heterocycles. The van der Waals surface area contributed by atoms with Crippen LogP contribution >= 0.6 is 0 Å². The lowest BCUT2D eigenvalue weighted by molar-refractivity contribution is 0.0696. The van der Waals surface area contributed by atoms with E-state index in [2.05, 4.69) is 5.32 Å². The molecule has 0 saturated heterocycles. The molecule has 5 nitrogen and oxygen atoms in total. The van der Waals surface area contributed by atoms with Crippen molar-refractivity contribution in [3.05, 3.63) is 65.2 Å². The van der Waals surface area contributed by atoms with Crippen molar-refractivity contribution in [3.8, 4) is 5.75 Å². The predicted octanol–water partition coefficient (Wildman–Crippen LogP) is 2.68. The second-order valence-electron chi connectivity index (χ2n) is 5.60. The Morgan fingerprint density at radius 1 is 1.13 bits per heavy atom. The number of carboxylic acids is 1. The minimum absolute atomic E-state index is 0.0923. The molecule has 1 aliphatic rings. The summed E-state index contributed by atoms with van der Waals surface area (Å²) >= 11 is 0. The van der Waals surface area contributed by atoms with Gasteiger partial charge in [-0.1, -0.05) is 18.2 Å². The van der Waals surface area contributed by atoms with Crippen LogP contribution in [-0.2, 0) is 0 Å². The van der Waals surface area contributed by atoms with Crippen LogP contribution in [0.2, 0.25) is 0 Å². The summed E-state index contributed by atoms with van der Waals surface area (Å²) in [6, 6.07) is 13.6. The molecule has 23 heavy (non-hydrogen) atoms. The standard InChI is InChI=1S/C18H17NO4/c1-11(15-10-23-16-5-3-2-4-14(15)16)19-17(20)12-6-8-13(9-7-12)18(21)22/h2-9,11,15H,10H2,1H3,(H,19,20)(H,21,22)/t11-,15+/m1/s1. The largest absolute Gasteiger partial charge is 0.493 e. The zero-order valence-electron chi connectivity index (χ0n) is 12.7. The van der Waals surface area contributed by atoms with Gasteiger partial charge in [0.05, 0.1) is 12.2 Å². The Morgan fingerprint density at radius 2 is 1.78 bits per heavy atom. The van der Waals surface area contributed by atoms with Crippen molar-refractivity contribution < 1.29 is 19.4 Å². The van der Waals surface area contributed by atoms with Gasteiger partial charge in [0, 0.05) is 23.1 Å². The van der Waals surface area contributed by atoms with Crippen LogP contribution in [0.4, 0.5) is 0 Å². The molecule has 0 aliphatic carbocycles. The number of carboxylic acid groups (broad SMARTS) is 1. The topological polar surface area (TPSA) is 75.6 Å². The highest BCUT2D eigenvalue weighted by Crippen LogP contribution is 2.35. The van der Waals surface area contributed by atoms with Crippen molar-refractivity contribution in [3.63, 3.8) is 0 Å². The van der Waals surface area contributed by atoms with Crippen LogP contribution < -0.4 is 10.1 Å². The van der Waals surface area contributed by atoms with Crippen molar-refractivity contribution in [2.45, 2.75) is 18.9 Å². The molecule has 0 fully saturated rings. The lowest BCUT2D eigenvalue weighted by Crippen LogP contribution is -2.37. The SMILES string of the molecule is C[C@@H](NC(=O)c1ccc(C(=O)O)cc1)[C@@H]1COc2ccccc21. The maximum atomic E-state index is 12.3. The third kappa shape index (κ3) is 3.04. The Bertz CT molecular complexity index is 739. The number of benzene rings is 2. The van der Waals surface area contributed by atoms with E-state index in [0.717, 1.165) is 11.3 Å². The van der Waals surface area contributed by atoms with Crippen LogP contribution in [-0.4, -0.2) is 29.6 Å². The summed E-state index contributed by atoms with van der Waals surface area (Å²) in [5.74, 6) is -0.262. The number of ether oxygens (including phenoxy) is 1. The molecule has 2 N–H and O–H groups in total. The molecule has 0 unspecified atom stereocenters. The van der Waals surface area contributed by atoms with Gasteiger partial charge in [-0.05, 0) is 37.3 Å². The Morgan fingerprint density at radius 3 is 2.48 bits per heavy atom. The molecular formula is C18H17NO4. The number of hydrogen-bond donors (Lipinski definition) is 2. The van der Waals surface area contributed by atoms with Gasteiger partial charge in [-0.15, -0.1) is 0 Å². The molecule has 0 bridgehead atoms. The van der Waals surface area contributed by atoms with Gasteiger partial charge >= 0.3 is 5.97 Å². The summed E-state index contributed by atoms with van der Waals surface area (Å²) < 4.78 is 5.65. The van der Waals surface area contributed by atoms with Crippen LogP contribution in [0.25, 0.3) is 0 Å². The van der Waals surface area contributed by atoms with Crippen LogP contribution in [0.1, 0.15) is 39.1 Å². The quantitative estimate of drug-likeness (QED) is 0.910. The van der Waals surface area contributed by atoms with Gasteiger partial charge in [0.2, 0.25) is 0 Å². The molecule has 118 valence electrons. The molecule has 5 heteroatoms. The normalized spacial score (nSPS) is 17.0. The summed E-state index contributed by atoms with van der Waals surface area (Å²) in [5, 5.41) is 11.8. The van der Waals surface area contributed by atoms with E-state index in [1.165, 1.54) is 24.3 Å². The van der Waals surface area contributed by atoms with E-state index in [-0.39, 0.29) is 23.4 Å². The molecule has 2 aromatic carbocycles. The van der Waals surface area contributed by atoms with Gasteiger partial charge in [0.15, 0.2) is 0 Å². The molecule has 2 atom stereocenters. The number of carbonyl (C=O) groups excluding carboxylic acids is 1. The molecule has 0 spiro atoms. The van der Waals surface area contributed by atoms with Gasteiger partial charge in [-0.25, -0.2) is 4.79 Å². The first kappa shape index (κ1) is 15.1. The summed E-state index contributed by atoms with van der Waals surface area (Å²) in [4.78, 5) is 23.1. The predicted molar refractivity (Wildman–Crippen MR) is 85.0 cm³/mol. The summed E-state index contributed by atoms with van der Waals surface area (Å²) in [5.41, 5.74) is 1.70. The fourth-order valence-electron chi connectivity index (χ4n) is 2.76. The maximum absolute atomic E-state index is 12.3. The first-order valence-corrected chi connectivity index (χ1v) is 7.42. The minimum atomic E-state index is -1.01. The van der Waals surface area contributed by atoms with E-state index in [4.69, 9.17) is 9.84 Å². The number of fused-ring (bicyclic) bond motifs is 1. The molecule has 1 aliphatic heterocycles. The second kappa shape index (κ2) is 6.12. The number of amides is 1. The smallest absolute Gasteiger partial charge is 0.335 e. The number of para-hydroxylation sites is 1. The lowest BCUT2D eigenvalue weighted by Gasteiger charge is -2.20. The van der Waals surface area contributed by atoms with E-state index in [1.807, 2.05) is 31.2 Å². The molecular weight excluding hydrogens is 294 g/mol. The van der Waals surface area contributed by atoms with Crippen LogP contribution in [0.3, 0.4) is 0 Å². The third-order valence-electron chi connectivity index (χ3n) is 4.09. The van der Waals surface area contributed by atoms with Gasteiger partial charge < -0.3 is 15.2 Å². The average Bonchev–Trinajstić information content (AvgIpc) is 2.99. The third-order valence-corrected chi connectivity index (χ3v) is 4.09. The van der Waals surface area contributed by atoms with E-state index < -0.39 is 5.97 Å². The van der Waals surface area contributed by atoms with Gasteiger partial charge in [0.25, 0.3) is 5.91 Å². The average molecular weight is 311 g/mol. The minimum Gasteiger partial charge on any atom is -0.493 e. The highest BCUT2D eigenvalue weighted by Gasteiger charge is 2.29. The van der Waals surface area contributed by atoms with Crippen molar-refractivity contribution >= 4 is 11.9 Å². The highest BCUT2D eigenvalue weighted by molar-refractivity contribution is 5.96. The first-order valence-electron chi connectivity index (χ1n) is 7.42. The zero-order valence-corrected chi connectivity index (χ0v) is 12.7. The van der Waals surface area contributed by atoms with Gasteiger partial charge in [-0.3, -0.25) is 4.79 Å². The van der Waals surface area contributed by atoms with Gasteiger partial charge in [-0.2, -0.15) is 0 Å². The summed E-state index contributed by atoms with van der Waals surface area (Å²) in [6.07, 6.45) is 0. The Kier molecular flexibility index (Phi) is 4.02. The lowest BCUT2D eigenvalue weighted by atomic mass is 9.94. The Hall–Kier alpha value is -2.82. The Balaban J connectivity index is 1.69. The molecule has 0 saturated carbocycles. The van der Waals surface area contributed by atoms with Crippen LogP contribution in [0.15, 0.2) is 48.5 Å². The van der Waals surface area contributed by atoms with E-state index in [9.17, 15) is 9.59 Å². The fraction of sp³-hybridized carbons (Fsp3) is 0.222. The second-order valence-corrected chi connectivity index (χ2v) is 5.60. The number of aromatic carboxylic acids is 1. The molecule has 3 rings (SSSR count). The molecule has 1 amide bonds. The van der Waals surface area contributed by atoms with Crippen LogP contribution in [0.5, 0.6) is 5.75 Å². The first-order chi connectivity index (χ1) is 11.1. The Labute approximate surface area is 133 Å². The molecule has 0 radical (unpaired) electrons. The monoisotopic (exact) mass is 311 g/mol. The summed E-state index contributed by atoms with van der Waals surface area (Å²) in [6.45, 7) is 2.48. The number of hydrogen-bond acceptors (Lipinski definition) is 3. The summed E-state index contributed by atoms with van der Waals surface area (Å²) in [7, 11) is 0. The van der Waals surface area contributed by atoms with Crippen molar-refractivity contribution in [2.24, 2.45) is 0 Å². The van der Waals surface area contributed by atoms with E-state index >= 15 is 0 Å². The highest BCUT2D eigenvalue weighted by atomic mass is 16.5. The van der Waals surface area contributed by atoms with E-state index in [0.29, 0.717) is 12.2 Å². The van der Waals surface area contributed by atoms with Gasteiger partial charge in [0.1, 0.15) is 5.75 Å². The molecule has 0 aromatic heterocycles. The number of rotatable bonds is 4. The van der Waals surface area contributed by atoms with Crippen LogP contribution in [0, 0.1) is 0 Å².